The van der Waals surface area contributed by atoms with Crippen LogP contribution in [0.15, 0.2) is 47.6 Å². The lowest BCUT2D eigenvalue weighted by molar-refractivity contribution is 0.0955. The third-order valence-corrected chi connectivity index (χ3v) is 2.97. The third-order valence-electron chi connectivity index (χ3n) is 2.97. The summed E-state index contributed by atoms with van der Waals surface area (Å²) in [6, 6.07) is 11.6. The van der Waals surface area contributed by atoms with Gasteiger partial charge in [-0.05, 0) is 36.4 Å². The molecule has 0 heterocycles. The Kier molecular flexibility index (Phi) is 4.98. The van der Waals surface area contributed by atoms with Crippen molar-refractivity contribution in [3.8, 4) is 17.2 Å². The summed E-state index contributed by atoms with van der Waals surface area (Å²) in [6.07, 6.45) is 1.35. The Labute approximate surface area is 128 Å². The van der Waals surface area contributed by atoms with Gasteiger partial charge in [-0.1, -0.05) is 6.07 Å². The Hall–Kier alpha value is -3.02. The average Bonchev–Trinajstić information content (AvgIpc) is 2.56. The number of amides is 1. The number of benzene rings is 2. The fraction of sp³-hybridized carbons (Fsp3) is 0.125. The molecule has 0 saturated carbocycles. The van der Waals surface area contributed by atoms with Gasteiger partial charge in [0.2, 0.25) is 0 Å². The number of hydrogen-bond donors (Lipinski definition) is 2. The van der Waals surface area contributed by atoms with Crippen LogP contribution in [0.2, 0.25) is 0 Å². The SMILES string of the molecule is COc1ccc(C(=O)N/N=C\c2cccc(OC)c2O)cc1. The number of carbonyl (C=O) groups excluding carboxylic acids is 1. The van der Waals surface area contributed by atoms with E-state index in [0.29, 0.717) is 22.6 Å². The van der Waals surface area contributed by atoms with Crippen LogP contribution in [0.5, 0.6) is 17.2 Å². The maximum absolute atomic E-state index is 11.9. The number of para-hydroxylation sites is 1. The number of hydrazone groups is 1. The molecule has 1 amide bonds. The van der Waals surface area contributed by atoms with Crippen LogP contribution in [0.3, 0.4) is 0 Å². The Morgan fingerprint density at radius 3 is 2.50 bits per heavy atom. The van der Waals surface area contributed by atoms with Gasteiger partial charge >= 0.3 is 0 Å². The molecule has 0 fully saturated rings. The molecule has 0 bridgehead atoms. The summed E-state index contributed by atoms with van der Waals surface area (Å²) >= 11 is 0. The van der Waals surface area contributed by atoms with Crippen molar-refractivity contribution in [1.29, 1.82) is 0 Å². The van der Waals surface area contributed by atoms with E-state index in [1.54, 1.807) is 49.6 Å². The van der Waals surface area contributed by atoms with Crippen molar-refractivity contribution in [3.05, 3.63) is 53.6 Å². The van der Waals surface area contributed by atoms with Crippen molar-refractivity contribution in [3.63, 3.8) is 0 Å². The number of aromatic hydroxyl groups is 1. The van der Waals surface area contributed by atoms with E-state index in [1.165, 1.54) is 13.3 Å². The first-order chi connectivity index (χ1) is 10.7. The minimum Gasteiger partial charge on any atom is -0.504 e. The van der Waals surface area contributed by atoms with E-state index in [1.807, 2.05) is 0 Å². The normalized spacial score (nSPS) is 10.5. The highest BCUT2D eigenvalue weighted by Gasteiger charge is 2.06. The molecule has 0 aliphatic carbocycles. The van der Waals surface area contributed by atoms with Crippen LogP contribution in [0, 0.1) is 0 Å². The second kappa shape index (κ2) is 7.12. The topological polar surface area (TPSA) is 80.2 Å². The second-order valence-corrected chi connectivity index (χ2v) is 4.33. The van der Waals surface area contributed by atoms with Crippen LogP contribution < -0.4 is 14.9 Å². The zero-order chi connectivity index (χ0) is 15.9. The first-order valence-electron chi connectivity index (χ1n) is 6.49. The molecular weight excluding hydrogens is 284 g/mol. The summed E-state index contributed by atoms with van der Waals surface area (Å²) in [5.41, 5.74) is 3.28. The first-order valence-corrected chi connectivity index (χ1v) is 6.49. The molecule has 2 N–H and O–H groups in total. The van der Waals surface area contributed by atoms with E-state index < -0.39 is 0 Å². The zero-order valence-electron chi connectivity index (χ0n) is 12.2. The largest absolute Gasteiger partial charge is 0.504 e. The number of nitrogens with zero attached hydrogens (tertiary/aromatic N) is 1. The highest BCUT2D eigenvalue weighted by atomic mass is 16.5. The summed E-state index contributed by atoms with van der Waals surface area (Å²) in [5, 5.41) is 13.7. The standard InChI is InChI=1S/C16H16N2O4/c1-21-13-8-6-11(7-9-13)16(20)18-17-10-12-4-3-5-14(22-2)15(12)19/h3-10,19H,1-2H3,(H,18,20)/b17-10-. The second-order valence-electron chi connectivity index (χ2n) is 4.33. The molecule has 0 radical (unpaired) electrons. The number of hydrogen-bond acceptors (Lipinski definition) is 5. The van der Waals surface area contributed by atoms with Crippen LogP contribution in [-0.4, -0.2) is 31.4 Å². The molecule has 2 aromatic rings. The van der Waals surface area contributed by atoms with Gasteiger partial charge in [0, 0.05) is 11.1 Å². The van der Waals surface area contributed by atoms with Gasteiger partial charge < -0.3 is 14.6 Å². The highest BCUT2D eigenvalue weighted by Crippen LogP contribution is 2.27. The van der Waals surface area contributed by atoms with Crippen molar-refractivity contribution < 1.29 is 19.4 Å². The predicted molar refractivity (Wildman–Crippen MR) is 82.7 cm³/mol. The maximum Gasteiger partial charge on any atom is 0.271 e. The molecule has 0 saturated heterocycles. The number of methoxy groups -OCH3 is 2. The Morgan fingerprint density at radius 2 is 1.86 bits per heavy atom. The predicted octanol–water partition coefficient (Wildman–Crippen LogP) is 2.17. The molecule has 0 aliphatic rings. The molecule has 0 spiro atoms. The van der Waals surface area contributed by atoms with E-state index in [0.717, 1.165) is 0 Å². The summed E-state index contributed by atoms with van der Waals surface area (Å²) < 4.78 is 10.0. The lowest BCUT2D eigenvalue weighted by Crippen LogP contribution is -2.17. The fourth-order valence-corrected chi connectivity index (χ4v) is 1.78. The number of phenols is 1. The summed E-state index contributed by atoms with van der Waals surface area (Å²) in [5.74, 6) is 0.612. The van der Waals surface area contributed by atoms with Crippen molar-refractivity contribution in [2.75, 3.05) is 14.2 Å². The molecule has 0 atom stereocenters. The smallest absolute Gasteiger partial charge is 0.271 e. The van der Waals surface area contributed by atoms with Crippen LogP contribution in [0.1, 0.15) is 15.9 Å². The van der Waals surface area contributed by atoms with E-state index in [2.05, 4.69) is 10.5 Å². The lowest BCUT2D eigenvalue weighted by Gasteiger charge is -2.05. The molecule has 0 aliphatic heterocycles. The Balaban J connectivity index is 2.04. The molecule has 2 aromatic carbocycles. The van der Waals surface area contributed by atoms with Gasteiger partial charge in [-0.2, -0.15) is 5.10 Å². The van der Waals surface area contributed by atoms with Crippen molar-refractivity contribution in [2.45, 2.75) is 0 Å². The van der Waals surface area contributed by atoms with Crippen LogP contribution >= 0.6 is 0 Å². The average molecular weight is 300 g/mol. The zero-order valence-corrected chi connectivity index (χ0v) is 12.2. The minimum atomic E-state index is -0.360. The van der Waals surface area contributed by atoms with Crippen LogP contribution in [0.25, 0.3) is 0 Å². The molecule has 0 unspecified atom stereocenters. The summed E-state index contributed by atoms with van der Waals surface area (Å²) in [7, 11) is 3.02. The molecule has 2 rings (SSSR count). The van der Waals surface area contributed by atoms with Gasteiger partial charge in [0.05, 0.1) is 20.4 Å². The van der Waals surface area contributed by atoms with E-state index in [9.17, 15) is 9.90 Å². The van der Waals surface area contributed by atoms with E-state index in [4.69, 9.17) is 9.47 Å². The quantitative estimate of drug-likeness (QED) is 0.655. The van der Waals surface area contributed by atoms with Crippen molar-refractivity contribution >= 4 is 12.1 Å². The monoisotopic (exact) mass is 300 g/mol. The third kappa shape index (κ3) is 3.54. The van der Waals surface area contributed by atoms with Crippen molar-refractivity contribution in [1.82, 2.24) is 5.43 Å². The van der Waals surface area contributed by atoms with Crippen LogP contribution in [0.4, 0.5) is 0 Å². The number of rotatable bonds is 5. The van der Waals surface area contributed by atoms with Crippen LogP contribution in [-0.2, 0) is 0 Å². The van der Waals surface area contributed by atoms with Gasteiger partial charge in [0.1, 0.15) is 5.75 Å². The van der Waals surface area contributed by atoms with E-state index in [-0.39, 0.29) is 11.7 Å². The molecule has 6 heteroatoms. The number of nitrogens with one attached hydrogen (secondary N) is 1. The van der Waals surface area contributed by atoms with Gasteiger partial charge in [-0.3, -0.25) is 4.79 Å². The van der Waals surface area contributed by atoms with Gasteiger partial charge in [-0.15, -0.1) is 0 Å². The number of carbonyl (C=O) groups is 1. The summed E-state index contributed by atoms with van der Waals surface area (Å²) in [6.45, 7) is 0. The van der Waals surface area contributed by atoms with Gasteiger partial charge in [-0.25, -0.2) is 5.43 Å². The molecule has 22 heavy (non-hydrogen) atoms. The molecular formula is C16H16N2O4. The molecule has 6 nitrogen and oxygen atoms in total. The van der Waals surface area contributed by atoms with Crippen molar-refractivity contribution in [2.24, 2.45) is 5.10 Å². The highest BCUT2D eigenvalue weighted by molar-refractivity contribution is 5.95. The number of phenolic OH excluding ortho intramolecular Hbond substituents is 1. The van der Waals surface area contributed by atoms with E-state index >= 15 is 0 Å². The van der Waals surface area contributed by atoms with Gasteiger partial charge in [0.15, 0.2) is 11.5 Å². The number of ether oxygens (including phenoxy) is 2. The lowest BCUT2D eigenvalue weighted by atomic mass is 10.2. The first kappa shape index (κ1) is 15.4. The summed E-state index contributed by atoms with van der Waals surface area (Å²) in [4.78, 5) is 11.9. The van der Waals surface area contributed by atoms with Gasteiger partial charge in [0.25, 0.3) is 5.91 Å². The molecule has 0 aromatic heterocycles. The Bertz CT molecular complexity index is 681. The minimum absolute atomic E-state index is 0.0348. The molecule has 114 valence electrons. The fourth-order valence-electron chi connectivity index (χ4n) is 1.78. The maximum atomic E-state index is 11.9. The Morgan fingerprint density at radius 1 is 1.14 bits per heavy atom.